The molecule has 0 unspecified atom stereocenters. The monoisotopic (exact) mass is 240 g/mol. The fourth-order valence-electron chi connectivity index (χ4n) is 2.68. The molecule has 2 aliphatic heterocycles. The first-order valence-electron chi connectivity index (χ1n) is 6.56. The molecule has 0 radical (unpaired) electrons. The molecule has 0 aromatic carbocycles. The second-order valence-corrected chi connectivity index (χ2v) is 5.04. The Balaban J connectivity index is 1.89. The van der Waals surface area contributed by atoms with Gasteiger partial charge in [-0.25, -0.2) is 0 Å². The van der Waals surface area contributed by atoms with Gasteiger partial charge in [0.2, 0.25) is 0 Å². The number of rotatable bonds is 5. The van der Waals surface area contributed by atoms with Crippen LogP contribution in [0.1, 0.15) is 46.0 Å². The first kappa shape index (κ1) is 12.4. The number of carbonyl (C=O) groups is 2. The summed E-state index contributed by atoms with van der Waals surface area (Å²) in [6, 6.07) is 0. The molecule has 4 atom stereocenters. The van der Waals surface area contributed by atoms with Crippen molar-refractivity contribution in [2.24, 2.45) is 11.8 Å². The molecule has 0 aromatic rings. The molecule has 2 saturated heterocycles. The smallest absolute Gasteiger partial charge is 0.314 e. The fourth-order valence-corrected chi connectivity index (χ4v) is 2.68. The molecule has 2 rings (SSSR count). The van der Waals surface area contributed by atoms with Crippen molar-refractivity contribution in [1.82, 2.24) is 0 Å². The van der Waals surface area contributed by atoms with Gasteiger partial charge in [-0.2, -0.15) is 0 Å². The Morgan fingerprint density at radius 3 is 2.53 bits per heavy atom. The van der Waals surface area contributed by atoms with Crippen LogP contribution in [0.3, 0.4) is 0 Å². The van der Waals surface area contributed by atoms with Crippen molar-refractivity contribution >= 4 is 11.9 Å². The summed E-state index contributed by atoms with van der Waals surface area (Å²) < 4.78 is 10.6. The lowest BCUT2D eigenvalue weighted by Gasteiger charge is -2.15. The predicted molar refractivity (Wildman–Crippen MR) is 61.2 cm³/mol. The Bertz CT molecular complexity index is 313. The second-order valence-electron chi connectivity index (χ2n) is 5.04. The van der Waals surface area contributed by atoms with Crippen LogP contribution in [0.5, 0.6) is 0 Å². The van der Waals surface area contributed by atoms with Crippen LogP contribution in [0.4, 0.5) is 0 Å². The highest BCUT2D eigenvalue weighted by atomic mass is 16.6. The minimum atomic E-state index is -0.362. The van der Waals surface area contributed by atoms with Crippen molar-refractivity contribution in [3.63, 3.8) is 0 Å². The molecule has 2 heterocycles. The molecule has 0 aliphatic carbocycles. The van der Waals surface area contributed by atoms with Gasteiger partial charge in [0.1, 0.15) is 12.0 Å². The minimum Gasteiger partial charge on any atom is -0.458 e. The Morgan fingerprint density at radius 2 is 1.82 bits per heavy atom. The molecule has 0 aromatic heterocycles. The minimum absolute atomic E-state index is 0.210. The number of esters is 2. The molecule has 0 spiro atoms. The van der Waals surface area contributed by atoms with E-state index in [-0.39, 0.29) is 36.0 Å². The molecule has 4 nitrogen and oxygen atoms in total. The molecule has 17 heavy (non-hydrogen) atoms. The van der Waals surface area contributed by atoms with Gasteiger partial charge in [0, 0.05) is 0 Å². The summed E-state index contributed by atoms with van der Waals surface area (Å²) in [5.74, 6) is -1.21. The van der Waals surface area contributed by atoms with E-state index in [0.29, 0.717) is 0 Å². The second kappa shape index (κ2) is 5.07. The normalized spacial score (nSPS) is 35.6. The average molecular weight is 240 g/mol. The van der Waals surface area contributed by atoms with Gasteiger partial charge in [-0.15, -0.1) is 0 Å². The van der Waals surface area contributed by atoms with Crippen LogP contribution in [0.2, 0.25) is 0 Å². The summed E-state index contributed by atoms with van der Waals surface area (Å²) in [4.78, 5) is 23.1. The lowest BCUT2D eigenvalue weighted by Crippen LogP contribution is -2.25. The van der Waals surface area contributed by atoms with Gasteiger partial charge in [-0.3, -0.25) is 9.59 Å². The van der Waals surface area contributed by atoms with E-state index in [1.165, 1.54) is 12.8 Å². The van der Waals surface area contributed by atoms with Crippen molar-refractivity contribution in [1.29, 1.82) is 0 Å². The van der Waals surface area contributed by atoms with E-state index in [1.54, 1.807) is 6.92 Å². The van der Waals surface area contributed by atoms with Gasteiger partial charge in [0.05, 0.1) is 5.92 Å². The number of unbranched alkanes of at least 4 members (excludes halogenated alkanes) is 3. The first-order chi connectivity index (χ1) is 8.15. The third kappa shape index (κ3) is 2.31. The summed E-state index contributed by atoms with van der Waals surface area (Å²) in [5, 5.41) is 0. The Kier molecular flexibility index (Phi) is 3.69. The molecular weight excluding hydrogens is 220 g/mol. The third-order valence-electron chi connectivity index (χ3n) is 3.76. The van der Waals surface area contributed by atoms with E-state index in [2.05, 4.69) is 6.92 Å². The highest BCUT2D eigenvalue weighted by molar-refractivity contribution is 5.87. The zero-order valence-corrected chi connectivity index (χ0v) is 10.5. The number of hydrogen-bond donors (Lipinski definition) is 0. The van der Waals surface area contributed by atoms with E-state index in [4.69, 9.17) is 9.47 Å². The fraction of sp³-hybridized carbons (Fsp3) is 0.846. The van der Waals surface area contributed by atoms with Crippen molar-refractivity contribution in [2.75, 3.05) is 0 Å². The molecule has 0 bridgehead atoms. The van der Waals surface area contributed by atoms with Crippen LogP contribution in [0, 0.1) is 11.8 Å². The molecule has 0 saturated carbocycles. The highest BCUT2D eigenvalue weighted by Gasteiger charge is 2.56. The van der Waals surface area contributed by atoms with E-state index in [1.807, 2.05) is 0 Å². The van der Waals surface area contributed by atoms with Gasteiger partial charge in [-0.1, -0.05) is 33.1 Å². The van der Waals surface area contributed by atoms with Crippen LogP contribution in [0.15, 0.2) is 0 Å². The summed E-state index contributed by atoms with van der Waals surface area (Å²) in [6.45, 7) is 3.90. The quantitative estimate of drug-likeness (QED) is 0.545. The van der Waals surface area contributed by atoms with Gasteiger partial charge in [-0.05, 0) is 12.8 Å². The molecule has 0 N–H and O–H groups in total. The zero-order valence-electron chi connectivity index (χ0n) is 10.5. The van der Waals surface area contributed by atoms with E-state index < -0.39 is 0 Å². The van der Waals surface area contributed by atoms with Crippen LogP contribution in [-0.4, -0.2) is 24.1 Å². The van der Waals surface area contributed by atoms with Crippen molar-refractivity contribution in [2.45, 2.75) is 58.2 Å². The van der Waals surface area contributed by atoms with Crippen molar-refractivity contribution in [3.8, 4) is 0 Å². The maximum absolute atomic E-state index is 11.7. The van der Waals surface area contributed by atoms with Gasteiger partial charge < -0.3 is 9.47 Å². The Labute approximate surface area is 102 Å². The van der Waals surface area contributed by atoms with E-state index >= 15 is 0 Å². The molecule has 2 aliphatic rings. The maximum Gasteiger partial charge on any atom is 0.314 e. The lowest BCUT2D eigenvalue weighted by molar-refractivity contribution is -0.155. The summed E-state index contributed by atoms with van der Waals surface area (Å²) >= 11 is 0. The molecular formula is C13H20O4. The number of hydrogen-bond acceptors (Lipinski definition) is 4. The van der Waals surface area contributed by atoms with E-state index in [0.717, 1.165) is 19.3 Å². The number of ether oxygens (including phenoxy) is 2. The third-order valence-corrected chi connectivity index (χ3v) is 3.76. The van der Waals surface area contributed by atoms with Gasteiger partial charge in [0.15, 0.2) is 6.10 Å². The van der Waals surface area contributed by atoms with Gasteiger partial charge in [0.25, 0.3) is 0 Å². The zero-order chi connectivity index (χ0) is 12.4. The Hall–Kier alpha value is -1.06. The summed E-state index contributed by atoms with van der Waals surface area (Å²) in [5.41, 5.74) is 0. The first-order valence-corrected chi connectivity index (χ1v) is 6.56. The van der Waals surface area contributed by atoms with Crippen LogP contribution in [0.25, 0.3) is 0 Å². The topological polar surface area (TPSA) is 52.6 Å². The van der Waals surface area contributed by atoms with E-state index in [9.17, 15) is 9.59 Å². The van der Waals surface area contributed by atoms with Crippen LogP contribution >= 0.6 is 0 Å². The Morgan fingerprint density at radius 1 is 1.06 bits per heavy atom. The molecule has 96 valence electrons. The van der Waals surface area contributed by atoms with Crippen LogP contribution in [-0.2, 0) is 19.1 Å². The maximum atomic E-state index is 11.7. The molecule has 4 heteroatoms. The molecule has 2 fully saturated rings. The predicted octanol–water partition coefficient (Wildman–Crippen LogP) is 2.06. The lowest BCUT2D eigenvalue weighted by atomic mass is 9.90. The average Bonchev–Trinajstić information content (AvgIpc) is 2.75. The van der Waals surface area contributed by atoms with Gasteiger partial charge >= 0.3 is 11.9 Å². The largest absolute Gasteiger partial charge is 0.458 e. The van der Waals surface area contributed by atoms with Crippen molar-refractivity contribution in [3.05, 3.63) is 0 Å². The molecule has 0 amide bonds. The van der Waals surface area contributed by atoms with Crippen LogP contribution < -0.4 is 0 Å². The number of fused-ring (bicyclic) bond motifs is 1. The standard InChI is InChI=1S/C13H20O4/c1-3-4-5-6-7-9-11-10(13(15)16-9)8(2)12(14)17-11/h8-11H,3-7H2,1-2H3/t8-,9+,10-,11-/m0/s1. The number of cyclic esters (lactones) is 1. The van der Waals surface area contributed by atoms with Crippen molar-refractivity contribution < 1.29 is 19.1 Å². The SMILES string of the molecule is CCCCCC[C@H]1OC(=O)[C@@H]2[C@H]1OC(=O)[C@H]2C. The number of carbonyl (C=O) groups excluding carboxylic acids is 2. The summed E-state index contributed by atoms with van der Waals surface area (Å²) in [7, 11) is 0. The highest BCUT2D eigenvalue weighted by Crippen LogP contribution is 2.39. The summed E-state index contributed by atoms with van der Waals surface area (Å²) in [6.07, 6.45) is 4.83.